The van der Waals surface area contributed by atoms with E-state index in [1.165, 1.54) is 0 Å². The van der Waals surface area contributed by atoms with Gasteiger partial charge in [-0.3, -0.25) is 9.59 Å². The SMILES string of the molecule is Cc1ccc(Cl)cc1C(=O)Nc1cccc2c(=O)n(CCN(C)C)ccc12. The van der Waals surface area contributed by atoms with Gasteiger partial charge in [0.25, 0.3) is 11.5 Å². The highest BCUT2D eigenvalue weighted by atomic mass is 35.5. The lowest BCUT2D eigenvalue weighted by Crippen LogP contribution is -2.26. The molecule has 1 aromatic heterocycles. The number of likely N-dealkylation sites (N-methyl/N-ethyl adjacent to an activating group) is 1. The molecule has 2 aromatic carbocycles. The van der Waals surface area contributed by atoms with E-state index in [0.717, 1.165) is 17.5 Å². The molecule has 0 bridgehead atoms. The number of rotatable bonds is 5. The van der Waals surface area contributed by atoms with Crippen LogP contribution in [0.15, 0.2) is 53.5 Å². The number of pyridine rings is 1. The smallest absolute Gasteiger partial charge is 0.258 e. The van der Waals surface area contributed by atoms with Crippen molar-refractivity contribution in [2.75, 3.05) is 26.0 Å². The van der Waals surface area contributed by atoms with E-state index in [2.05, 4.69) is 5.32 Å². The van der Waals surface area contributed by atoms with Crippen LogP contribution in [0.5, 0.6) is 0 Å². The number of nitrogens with zero attached hydrogens (tertiary/aromatic N) is 2. The van der Waals surface area contributed by atoms with Crippen LogP contribution in [-0.2, 0) is 6.54 Å². The highest BCUT2D eigenvalue weighted by Gasteiger charge is 2.13. The third-order valence-electron chi connectivity index (χ3n) is 4.50. The molecule has 6 heteroatoms. The number of amides is 1. The second-order valence-electron chi connectivity index (χ2n) is 6.80. The van der Waals surface area contributed by atoms with Crippen LogP contribution in [0.2, 0.25) is 5.02 Å². The molecule has 3 rings (SSSR count). The largest absolute Gasteiger partial charge is 0.321 e. The maximum Gasteiger partial charge on any atom is 0.258 e. The Kier molecular flexibility index (Phi) is 5.63. The molecule has 0 radical (unpaired) electrons. The summed E-state index contributed by atoms with van der Waals surface area (Å²) in [7, 11) is 3.94. The van der Waals surface area contributed by atoms with Crippen molar-refractivity contribution >= 4 is 34.0 Å². The van der Waals surface area contributed by atoms with Gasteiger partial charge in [-0.2, -0.15) is 0 Å². The monoisotopic (exact) mass is 383 g/mol. The maximum atomic E-state index is 12.8. The summed E-state index contributed by atoms with van der Waals surface area (Å²) in [6, 6.07) is 12.4. The predicted molar refractivity (Wildman–Crippen MR) is 111 cm³/mol. The van der Waals surface area contributed by atoms with E-state index in [-0.39, 0.29) is 11.5 Å². The van der Waals surface area contributed by atoms with E-state index in [0.29, 0.717) is 28.2 Å². The topological polar surface area (TPSA) is 54.3 Å². The summed E-state index contributed by atoms with van der Waals surface area (Å²) in [5.74, 6) is -0.251. The summed E-state index contributed by atoms with van der Waals surface area (Å²) >= 11 is 6.02. The molecule has 0 fully saturated rings. The van der Waals surface area contributed by atoms with Crippen molar-refractivity contribution in [1.29, 1.82) is 0 Å². The molecule has 5 nitrogen and oxygen atoms in total. The molecule has 1 amide bonds. The molecule has 27 heavy (non-hydrogen) atoms. The van der Waals surface area contributed by atoms with Gasteiger partial charge in [0.05, 0.1) is 0 Å². The van der Waals surface area contributed by atoms with Gasteiger partial charge in [-0.05, 0) is 56.9 Å². The fraction of sp³-hybridized carbons (Fsp3) is 0.238. The van der Waals surface area contributed by atoms with Gasteiger partial charge in [-0.25, -0.2) is 0 Å². The fourth-order valence-corrected chi connectivity index (χ4v) is 3.11. The van der Waals surface area contributed by atoms with E-state index in [1.807, 2.05) is 38.1 Å². The number of carbonyl (C=O) groups excluding carboxylic acids is 1. The molecule has 0 saturated heterocycles. The van der Waals surface area contributed by atoms with Gasteiger partial charge in [-0.15, -0.1) is 0 Å². The minimum Gasteiger partial charge on any atom is -0.321 e. The minimum atomic E-state index is -0.251. The zero-order valence-corrected chi connectivity index (χ0v) is 16.4. The molecule has 0 saturated carbocycles. The fourth-order valence-electron chi connectivity index (χ4n) is 2.94. The zero-order chi connectivity index (χ0) is 19.6. The van der Waals surface area contributed by atoms with Crippen LogP contribution >= 0.6 is 11.6 Å². The van der Waals surface area contributed by atoms with Gasteiger partial charge in [0.15, 0.2) is 0 Å². The van der Waals surface area contributed by atoms with E-state index in [9.17, 15) is 9.59 Å². The first-order valence-electron chi connectivity index (χ1n) is 8.71. The third kappa shape index (κ3) is 4.21. The van der Waals surface area contributed by atoms with Gasteiger partial charge < -0.3 is 14.8 Å². The average molecular weight is 384 g/mol. The molecule has 0 aliphatic heterocycles. The Hall–Kier alpha value is -2.63. The second kappa shape index (κ2) is 7.94. The Morgan fingerprint density at radius 3 is 2.67 bits per heavy atom. The third-order valence-corrected chi connectivity index (χ3v) is 4.73. The minimum absolute atomic E-state index is 0.0654. The normalized spacial score (nSPS) is 11.1. The number of hydrogen-bond donors (Lipinski definition) is 1. The van der Waals surface area contributed by atoms with E-state index in [4.69, 9.17) is 11.6 Å². The Morgan fingerprint density at radius 1 is 1.15 bits per heavy atom. The number of benzene rings is 2. The lowest BCUT2D eigenvalue weighted by molar-refractivity contribution is 0.102. The molecule has 1 N–H and O–H groups in total. The van der Waals surface area contributed by atoms with Crippen LogP contribution < -0.4 is 10.9 Å². The van der Waals surface area contributed by atoms with Crippen molar-refractivity contribution in [3.05, 3.63) is 75.2 Å². The highest BCUT2D eigenvalue weighted by molar-refractivity contribution is 6.31. The van der Waals surface area contributed by atoms with Crippen LogP contribution in [0.25, 0.3) is 10.8 Å². The van der Waals surface area contributed by atoms with Gasteiger partial charge in [0.2, 0.25) is 0 Å². The number of aromatic nitrogens is 1. The number of nitrogens with one attached hydrogen (secondary N) is 1. The van der Waals surface area contributed by atoms with Crippen LogP contribution in [0.1, 0.15) is 15.9 Å². The van der Waals surface area contributed by atoms with Gasteiger partial charge in [0.1, 0.15) is 0 Å². The summed E-state index contributed by atoms with van der Waals surface area (Å²) in [5, 5.41) is 4.72. The number of carbonyl (C=O) groups is 1. The van der Waals surface area contributed by atoms with Crippen LogP contribution in [0.3, 0.4) is 0 Å². The molecule has 0 spiro atoms. The summed E-state index contributed by atoms with van der Waals surface area (Å²) in [4.78, 5) is 27.5. The van der Waals surface area contributed by atoms with Crippen molar-refractivity contribution in [2.45, 2.75) is 13.5 Å². The first-order valence-corrected chi connectivity index (χ1v) is 9.09. The molecule has 140 valence electrons. The van der Waals surface area contributed by atoms with Gasteiger partial charge >= 0.3 is 0 Å². The van der Waals surface area contributed by atoms with Crippen LogP contribution in [0, 0.1) is 6.92 Å². The lowest BCUT2D eigenvalue weighted by atomic mass is 10.1. The predicted octanol–water partition coefficient (Wildman–Crippen LogP) is 3.78. The Labute approximate surface area is 163 Å². The number of hydrogen-bond acceptors (Lipinski definition) is 3. The summed E-state index contributed by atoms with van der Waals surface area (Å²) in [6.45, 7) is 3.24. The number of fused-ring (bicyclic) bond motifs is 1. The maximum absolute atomic E-state index is 12.8. The Morgan fingerprint density at radius 2 is 1.93 bits per heavy atom. The molecule has 0 aliphatic rings. The number of halogens is 1. The van der Waals surface area contributed by atoms with Crippen molar-refractivity contribution in [2.24, 2.45) is 0 Å². The molecule has 1 heterocycles. The van der Waals surface area contributed by atoms with Crippen LogP contribution in [-0.4, -0.2) is 36.0 Å². The zero-order valence-electron chi connectivity index (χ0n) is 15.6. The van der Waals surface area contributed by atoms with Crippen molar-refractivity contribution in [3.8, 4) is 0 Å². The highest BCUT2D eigenvalue weighted by Crippen LogP contribution is 2.23. The van der Waals surface area contributed by atoms with Crippen molar-refractivity contribution in [1.82, 2.24) is 9.47 Å². The molecule has 0 aliphatic carbocycles. The molecular weight excluding hydrogens is 362 g/mol. The molecular formula is C21H22ClN3O2. The van der Waals surface area contributed by atoms with Crippen molar-refractivity contribution in [3.63, 3.8) is 0 Å². The summed E-state index contributed by atoms with van der Waals surface area (Å²) < 4.78 is 1.69. The van der Waals surface area contributed by atoms with E-state index >= 15 is 0 Å². The molecule has 0 atom stereocenters. The first kappa shape index (κ1) is 19.1. The summed E-state index contributed by atoms with van der Waals surface area (Å²) in [6.07, 6.45) is 1.77. The van der Waals surface area contributed by atoms with Gasteiger partial charge in [0, 0.05) is 46.3 Å². The average Bonchev–Trinajstić information content (AvgIpc) is 2.63. The lowest BCUT2D eigenvalue weighted by Gasteiger charge is -2.14. The van der Waals surface area contributed by atoms with Crippen molar-refractivity contribution < 1.29 is 4.79 Å². The van der Waals surface area contributed by atoms with E-state index in [1.54, 1.807) is 41.1 Å². The van der Waals surface area contributed by atoms with Gasteiger partial charge in [-0.1, -0.05) is 23.7 Å². The standard InChI is InChI=1S/C21H22ClN3O2/c1-14-7-8-15(22)13-18(14)20(26)23-19-6-4-5-17-16(19)9-10-25(21(17)27)12-11-24(2)3/h4-10,13H,11-12H2,1-3H3,(H,23,26). The molecule has 3 aromatic rings. The van der Waals surface area contributed by atoms with Crippen LogP contribution in [0.4, 0.5) is 5.69 Å². The quantitative estimate of drug-likeness (QED) is 0.729. The Bertz CT molecular complexity index is 1060. The second-order valence-corrected chi connectivity index (χ2v) is 7.23. The first-order chi connectivity index (χ1) is 12.9. The molecule has 0 unspecified atom stereocenters. The Balaban J connectivity index is 1.96. The summed E-state index contributed by atoms with van der Waals surface area (Å²) in [5.41, 5.74) is 1.89. The number of anilines is 1. The number of aryl methyl sites for hydroxylation is 1. The van der Waals surface area contributed by atoms with E-state index < -0.39 is 0 Å².